The molecule has 2 atom stereocenters. The Morgan fingerprint density at radius 1 is 1.19 bits per heavy atom. The second-order valence-corrected chi connectivity index (χ2v) is 8.79. The number of aromatic carboxylic acids is 1. The summed E-state index contributed by atoms with van der Waals surface area (Å²) in [6, 6.07) is 4.16. The van der Waals surface area contributed by atoms with E-state index in [-0.39, 0.29) is 29.6 Å². The smallest absolute Gasteiger partial charge is 0.416 e. The summed E-state index contributed by atoms with van der Waals surface area (Å²) >= 11 is 0. The highest BCUT2D eigenvalue weighted by atomic mass is 19.4. The molecule has 3 aliphatic rings. The van der Waals surface area contributed by atoms with E-state index in [0.717, 1.165) is 30.2 Å². The number of halogens is 3. The number of hydrogen-bond donors (Lipinski definition) is 1. The van der Waals surface area contributed by atoms with E-state index >= 15 is 0 Å². The van der Waals surface area contributed by atoms with Gasteiger partial charge in [-0.15, -0.1) is 0 Å². The SMILES string of the molecule is Cc1c(N2CCN(C(=O)Cn3nc(C(=O)O)c4c3C[C@H]3C[C@@H]43)CC2)cccc1C(F)(F)F. The Kier molecular flexibility index (Phi) is 4.72. The molecule has 0 bridgehead atoms. The molecule has 2 heterocycles. The van der Waals surface area contributed by atoms with Gasteiger partial charge >= 0.3 is 12.1 Å². The van der Waals surface area contributed by atoms with Crippen molar-refractivity contribution in [1.29, 1.82) is 0 Å². The summed E-state index contributed by atoms with van der Waals surface area (Å²) in [4.78, 5) is 28.0. The van der Waals surface area contributed by atoms with Gasteiger partial charge in [0, 0.05) is 43.1 Å². The molecule has 0 spiro atoms. The number of rotatable bonds is 4. The van der Waals surface area contributed by atoms with Gasteiger partial charge in [0.15, 0.2) is 5.69 Å². The predicted molar refractivity (Wildman–Crippen MR) is 109 cm³/mol. The monoisotopic (exact) mass is 448 g/mol. The van der Waals surface area contributed by atoms with Crippen molar-refractivity contribution in [3.63, 3.8) is 0 Å². The fourth-order valence-corrected chi connectivity index (χ4v) is 5.18. The average Bonchev–Trinajstić information content (AvgIpc) is 3.26. The van der Waals surface area contributed by atoms with E-state index in [1.165, 1.54) is 17.7 Å². The summed E-state index contributed by atoms with van der Waals surface area (Å²) < 4.78 is 41.2. The number of carboxylic acids is 1. The molecule has 0 radical (unpaired) electrons. The first kappa shape index (κ1) is 20.8. The number of alkyl halides is 3. The van der Waals surface area contributed by atoms with Crippen molar-refractivity contribution in [3.8, 4) is 0 Å². The topological polar surface area (TPSA) is 78.7 Å². The van der Waals surface area contributed by atoms with Crippen LogP contribution in [0, 0.1) is 12.8 Å². The maximum absolute atomic E-state index is 13.2. The number of nitrogens with zero attached hydrogens (tertiary/aromatic N) is 4. The molecule has 2 aromatic rings. The van der Waals surface area contributed by atoms with Gasteiger partial charge in [-0.1, -0.05) is 6.07 Å². The van der Waals surface area contributed by atoms with Crippen LogP contribution in [0.5, 0.6) is 0 Å². The number of hydrogen-bond acceptors (Lipinski definition) is 4. The number of carbonyl (C=O) groups excluding carboxylic acids is 1. The summed E-state index contributed by atoms with van der Waals surface area (Å²) in [6.07, 6.45) is -2.66. The van der Waals surface area contributed by atoms with Gasteiger partial charge in [0.05, 0.1) is 5.56 Å². The molecule has 1 amide bonds. The van der Waals surface area contributed by atoms with Gasteiger partial charge in [-0.2, -0.15) is 18.3 Å². The molecular weight excluding hydrogens is 425 g/mol. The van der Waals surface area contributed by atoms with Crippen LogP contribution < -0.4 is 4.90 Å². The van der Waals surface area contributed by atoms with Crippen LogP contribution in [-0.2, 0) is 23.9 Å². The first-order valence-electron chi connectivity index (χ1n) is 10.7. The van der Waals surface area contributed by atoms with E-state index < -0.39 is 17.7 Å². The van der Waals surface area contributed by atoms with Gasteiger partial charge in [-0.3, -0.25) is 9.48 Å². The Morgan fingerprint density at radius 2 is 1.91 bits per heavy atom. The summed E-state index contributed by atoms with van der Waals surface area (Å²) in [5, 5.41) is 13.7. The Hall–Kier alpha value is -3.04. The molecule has 32 heavy (non-hydrogen) atoms. The Balaban J connectivity index is 1.26. The normalized spacial score (nSPS) is 22.0. The van der Waals surface area contributed by atoms with Crippen molar-refractivity contribution in [2.75, 3.05) is 31.1 Å². The molecular formula is C22H23F3N4O3. The van der Waals surface area contributed by atoms with Gasteiger partial charge in [0.25, 0.3) is 0 Å². The molecule has 1 saturated carbocycles. The van der Waals surface area contributed by atoms with Crippen molar-refractivity contribution >= 4 is 17.6 Å². The highest BCUT2D eigenvalue weighted by Crippen LogP contribution is 2.57. The number of anilines is 1. The second kappa shape index (κ2) is 7.25. The van der Waals surface area contributed by atoms with Crippen LogP contribution in [0.4, 0.5) is 18.9 Å². The maximum atomic E-state index is 13.2. The third-order valence-corrected chi connectivity index (χ3v) is 6.92. The summed E-state index contributed by atoms with van der Waals surface area (Å²) in [5.74, 6) is -0.487. The molecule has 170 valence electrons. The average molecular weight is 448 g/mol. The standard InChI is InChI=1S/C22H23F3N4O3/c1-12-15(22(23,24)25)3-2-4-16(12)27-5-7-28(8-6-27)18(30)11-29-17-10-13-9-14(13)19(17)20(26-29)21(31)32/h2-4,13-14H,5-11H2,1H3,(H,31,32)/t13-,14-/m1/s1. The first-order valence-corrected chi connectivity index (χ1v) is 10.7. The lowest BCUT2D eigenvalue weighted by Gasteiger charge is -2.37. The van der Waals surface area contributed by atoms with Crippen molar-refractivity contribution in [1.82, 2.24) is 14.7 Å². The number of aromatic nitrogens is 2. The van der Waals surface area contributed by atoms with Gasteiger partial charge in [0.2, 0.25) is 5.91 Å². The zero-order valence-corrected chi connectivity index (χ0v) is 17.5. The minimum absolute atomic E-state index is 0.0162. The van der Waals surface area contributed by atoms with E-state index in [4.69, 9.17) is 0 Å². The van der Waals surface area contributed by atoms with Crippen LogP contribution in [0.15, 0.2) is 18.2 Å². The van der Waals surface area contributed by atoms with Crippen LogP contribution >= 0.6 is 0 Å². The fourth-order valence-electron chi connectivity index (χ4n) is 5.18. The molecule has 0 unspecified atom stereocenters. The summed E-state index contributed by atoms with van der Waals surface area (Å²) in [7, 11) is 0. The lowest BCUT2D eigenvalue weighted by Crippen LogP contribution is -2.50. The van der Waals surface area contributed by atoms with E-state index in [2.05, 4.69) is 5.10 Å². The largest absolute Gasteiger partial charge is 0.476 e. The van der Waals surface area contributed by atoms with Gasteiger partial charge in [0.1, 0.15) is 6.54 Å². The minimum Gasteiger partial charge on any atom is -0.476 e. The van der Waals surface area contributed by atoms with E-state index in [0.29, 0.717) is 37.8 Å². The van der Waals surface area contributed by atoms with Gasteiger partial charge in [-0.25, -0.2) is 4.79 Å². The molecule has 1 aliphatic heterocycles. The van der Waals surface area contributed by atoms with Gasteiger partial charge < -0.3 is 14.9 Å². The second-order valence-electron chi connectivity index (χ2n) is 8.79. The molecule has 1 saturated heterocycles. The van der Waals surface area contributed by atoms with Crippen LogP contribution in [-0.4, -0.2) is 57.8 Å². The van der Waals surface area contributed by atoms with Crippen molar-refractivity contribution in [2.24, 2.45) is 5.92 Å². The Labute approximate surface area is 182 Å². The molecule has 2 fully saturated rings. The molecule has 10 heteroatoms. The number of carbonyl (C=O) groups is 2. The fraction of sp³-hybridized carbons (Fsp3) is 0.500. The maximum Gasteiger partial charge on any atom is 0.416 e. The van der Waals surface area contributed by atoms with Crippen molar-refractivity contribution < 1.29 is 27.9 Å². The molecule has 1 aromatic heterocycles. The highest BCUT2D eigenvalue weighted by Gasteiger charge is 2.50. The molecule has 1 aromatic carbocycles. The number of amides is 1. The summed E-state index contributed by atoms with van der Waals surface area (Å²) in [6.45, 7) is 3.07. The first-order chi connectivity index (χ1) is 15.1. The Morgan fingerprint density at radius 3 is 2.56 bits per heavy atom. The van der Waals surface area contributed by atoms with E-state index in [9.17, 15) is 27.9 Å². The minimum atomic E-state index is -4.41. The van der Waals surface area contributed by atoms with Crippen LogP contribution in [0.3, 0.4) is 0 Å². The lowest BCUT2D eigenvalue weighted by atomic mass is 10.0. The van der Waals surface area contributed by atoms with Crippen LogP contribution in [0.25, 0.3) is 0 Å². The zero-order valence-electron chi connectivity index (χ0n) is 17.5. The van der Waals surface area contributed by atoms with E-state index in [1.54, 1.807) is 11.0 Å². The zero-order chi connectivity index (χ0) is 22.8. The molecule has 7 nitrogen and oxygen atoms in total. The van der Waals surface area contributed by atoms with Crippen molar-refractivity contribution in [3.05, 3.63) is 46.3 Å². The van der Waals surface area contributed by atoms with E-state index in [1.807, 2.05) is 4.90 Å². The number of fused-ring (bicyclic) bond motifs is 3. The quantitative estimate of drug-likeness (QED) is 0.778. The lowest BCUT2D eigenvalue weighted by molar-refractivity contribution is -0.138. The molecule has 2 aliphatic carbocycles. The highest BCUT2D eigenvalue weighted by molar-refractivity contribution is 5.88. The summed E-state index contributed by atoms with van der Waals surface area (Å²) in [5.41, 5.74) is 1.78. The number of piperazine rings is 1. The third-order valence-electron chi connectivity index (χ3n) is 6.92. The van der Waals surface area contributed by atoms with Crippen LogP contribution in [0.2, 0.25) is 0 Å². The third kappa shape index (κ3) is 3.41. The van der Waals surface area contributed by atoms with Gasteiger partial charge in [-0.05, 0) is 49.3 Å². The number of benzene rings is 1. The van der Waals surface area contributed by atoms with Crippen LogP contribution in [0.1, 0.15) is 45.2 Å². The number of carboxylic acid groups (broad SMARTS) is 1. The predicted octanol–water partition coefficient (Wildman–Crippen LogP) is 2.92. The molecule has 5 rings (SSSR count). The van der Waals surface area contributed by atoms with Crippen molar-refractivity contribution in [2.45, 2.75) is 38.4 Å². The Bertz CT molecular complexity index is 1100. The molecule has 1 N–H and O–H groups in total.